The fourth-order valence-electron chi connectivity index (χ4n) is 3.21. The third kappa shape index (κ3) is 3.48. The number of hydrogen-bond acceptors (Lipinski definition) is 4. The molecular weight excluding hydrogens is 346 g/mol. The Labute approximate surface area is 156 Å². The third-order valence-corrected chi connectivity index (χ3v) is 5.38. The molecule has 0 bridgehead atoms. The molecule has 1 aliphatic rings. The number of amides is 1. The zero-order chi connectivity index (χ0) is 17.9. The van der Waals surface area contributed by atoms with Crippen molar-refractivity contribution in [3.05, 3.63) is 59.4 Å². The van der Waals surface area contributed by atoms with Crippen molar-refractivity contribution in [2.24, 2.45) is 0 Å². The average Bonchev–Trinajstić information content (AvgIpc) is 3.06. The molecule has 1 aliphatic heterocycles. The van der Waals surface area contributed by atoms with Gasteiger partial charge in [0.25, 0.3) is 5.91 Å². The lowest BCUT2D eigenvalue weighted by Gasteiger charge is -2.14. The number of hydrogen-bond donors (Lipinski definition) is 1. The van der Waals surface area contributed by atoms with Crippen LogP contribution in [-0.4, -0.2) is 34.9 Å². The van der Waals surface area contributed by atoms with Crippen LogP contribution < -0.4 is 5.32 Å². The van der Waals surface area contributed by atoms with E-state index in [4.69, 9.17) is 4.74 Å². The largest absolute Gasteiger partial charge is 0.372 e. The number of nitrogens with zero attached hydrogens (tertiary/aromatic N) is 2. The van der Waals surface area contributed by atoms with E-state index in [0.717, 1.165) is 29.8 Å². The first-order valence-electron chi connectivity index (χ1n) is 8.72. The first-order chi connectivity index (χ1) is 12.7. The van der Waals surface area contributed by atoms with Gasteiger partial charge < -0.3 is 14.6 Å². The minimum atomic E-state index is -0.0603. The number of imidazole rings is 1. The summed E-state index contributed by atoms with van der Waals surface area (Å²) in [4.78, 5) is 18.3. The summed E-state index contributed by atoms with van der Waals surface area (Å²) in [6.45, 7) is 2.67. The van der Waals surface area contributed by atoms with Gasteiger partial charge in [0.2, 0.25) is 0 Å². The molecule has 0 atom stereocenters. The monoisotopic (exact) mass is 367 g/mol. The molecule has 4 rings (SSSR count). The van der Waals surface area contributed by atoms with Gasteiger partial charge in [-0.1, -0.05) is 12.1 Å². The predicted molar refractivity (Wildman–Crippen MR) is 104 cm³/mol. The lowest BCUT2D eigenvalue weighted by atomic mass is 10.1. The fraction of sp³-hybridized carbons (Fsp3) is 0.300. The molecule has 3 aromatic rings. The van der Waals surface area contributed by atoms with E-state index < -0.39 is 0 Å². The summed E-state index contributed by atoms with van der Waals surface area (Å²) in [5.41, 5.74) is 3.78. The van der Waals surface area contributed by atoms with Crippen LogP contribution in [0.2, 0.25) is 0 Å². The number of fused-ring (bicyclic) bond motifs is 3. The molecule has 0 aliphatic carbocycles. The quantitative estimate of drug-likeness (QED) is 0.703. The topological polar surface area (TPSA) is 56.2 Å². The minimum absolute atomic E-state index is 0.0603. The van der Waals surface area contributed by atoms with E-state index >= 15 is 0 Å². The molecule has 2 heterocycles. The smallest absolute Gasteiger partial charge is 0.251 e. The lowest BCUT2D eigenvalue weighted by molar-refractivity contribution is 0.0830. The van der Waals surface area contributed by atoms with Gasteiger partial charge in [0.1, 0.15) is 12.4 Å². The highest BCUT2D eigenvalue weighted by molar-refractivity contribution is 7.98. The van der Waals surface area contributed by atoms with Crippen molar-refractivity contribution in [2.75, 3.05) is 19.4 Å². The van der Waals surface area contributed by atoms with Gasteiger partial charge in [-0.25, -0.2) is 4.98 Å². The first kappa shape index (κ1) is 17.1. The molecule has 26 heavy (non-hydrogen) atoms. The van der Waals surface area contributed by atoms with Crippen LogP contribution in [0.3, 0.4) is 0 Å². The van der Waals surface area contributed by atoms with Crippen molar-refractivity contribution in [2.45, 2.75) is 24.5 Å². The van der Waals surface area contributed by atoms with E-state index in [1.807, 2.05) is 18.2 Å². The van der Waals surface area contributed by atoms with Crippen molar-refractivity contribution in [1.29, 1.82) is 0 Å². The number of ether oxygens (including phenoxy) is 1. The SMILES string of the molecule is CSc1ccc(CCNC(=O)c2ccc3c(c2)nc2n3CCOC2)cc1. The van der Waals surface area contributed by atoms with Crippen molar-refractivity contribution in [3.63, 3.8) is 0 Å². The van der Waals surface area contributed by atoms with Crippen LogP contribution in [-0.2, 0) is 24.3 Å². The van der Waals surface area contributed by atoms with E-state index in [0.29, 0.717) is 25.3 Å². The molecule has 0 unspecified atom stereocenters. The molecule has 0 spiro atoms. The van der Waals surface area contributed by atoms with Crippen LogP contribution in [0.5, 0.6) is 0 Å². The molecule has 0 saturated heterocycles. The third-order valence-electron chi connectivity index (χ3n) is 4.64. The Morgan fingerprint density at radius 1 is 1.27 bits per heavy atom. The Balaban J connectivity index is 1.41. The second kappa shape index (κ2) is 7.51. The van der Waals surface area contributed by atoms with Gasteiger partial charge in [0.15, 0.2) is 0 Å². The molecule has 0 radical (unpaired) electrons. The summed E-state index contributed by atoms with van der Waals surface area (Å²) in [6, 6.07) is 14.2. The molecule has 5 nitrogen and oxygen atoms in total. The maximum absolute atomic E-state index is 12.4. The summed E-state index contributed by atoms with van der Waals surface area (Å²) < 4.78 is 7.61. The molecule has 1 amide bonds. The average molecular weight is 367 g/mol. The van der Waals surface area contributed by atoms with Gasteiger partial charge in [0, 0.05) is 23.5 Å². The molecule has 6 heteroatoms. The van der Waals surface area contributed by atoms with E-state index in [2.05, 4.69) is 45.4 Å². The van der Waals surface area contributed by atoms with Crippen LogP contribution in [0.4, 0.5) is 0 Å². The Hall–Kier alpha value is -2.31. The van der Waals surface area contributed by atoms with Gasteiger partial charge >= 0.3 is 0 Å². The van der Waals surface area contributed by atoms with E-state index in [9.17, 15) is 4.79 Å². The normalized spacial score (nSPS) is 13.6. The summed E-state index contributed by atoms with van der Waals surface area (Å²) in [5.74, 6) is 0.868. The fourth-order valence-corrected chi connectivity index (χ4v) is 3.62. The Kier molecular flexibility index (Phi) is 4.95. The van der Waals surface area contributed by atoms with Crippen molar-refractivity contribution >= 4 is 28.7 Å². The maximum atomic E-state index is 12.4. The van der Waals surface area contributed by atoms with Gasteiger partial charge in [-0.15, -0.1) is 11.8 Å². The molecule has 0 fully saturated rings. The van der Waals surface area contributed by atoms with Crippen molar-refractivity contribution < 1.29 is 9.53 Å². The second-order valence-corrected chi connectivity index (χ2v) is 7.17. The van der Waals surface area contributed by atoms with Gasteiger partial charge in [-0.05, 0) is 48.6 Å². The number of carbonyl (C=O) groups excluding carboxylic acids is 1. The summed E-state index contributed by atoms with van der Waals surface area (Å²) >= 11 is 1.73. The van der Waals surface area contributed by atoms with Crippen LogP contribution in [0.1, 0.15) is 21.7 Å². The Bertz CT molecular complexity index is 934. The van der Waals surface area contributed by atoms with E-state index in [1.165, 1.54) is 10.5 Å². The standard InChI is InChI=1S/C20H21N3O2S/c1-26-16-5-2-14(3-6-16)8-9-21-20(24)15-4-7-18-17(12-15)22-19-13-25-11-10-23(18)19/h2-7,12H,8-11,13H2,1H3,(H,21,24). The van der Waals surface area contributed by atoms with Crippen LogP contribution >= 0.6 is 11.8 Å². The number of thioether (sulfide) groups is 1. The zero-order valence-electron chi connectivity index (χ0n) is 14.7. The molecular formula is C20H21N3O2S. The number of benzene rings is 2. The first-order valence-corrected chi connectivity index (χ1v) is 9.95. The van der Waals surface area contributed by atoms with Crippen molar-refractivity contribution in [1.82, 2.24) is 14.9 Å². The van der Waals surface area contributed by atoms with Crippen molar-refractivity contribution in [3.8, 4) is 0 Å². The van der Waals surface area contributed by atoms with Crippen LogP contribution in [0.15, 0.2) is 47.4 Å². The summed E-state index contributed by atoms with van der Waals surface area (Å²) in [5, 5.41) is 3.00. The number of aromatic nitrogens is 2. The van der Waals surface area contributed by atoms with E-state index in [-0.39, 0.29) is 5.91 Å². The summed E-state index contributed by atoms with van der Waals surface area (Å²) in [6.07, 6.45) is 2.88. The highest BCUT2D eigenvalue weighted by Crippen LogP contribution is 2.21. The molecule has 134 valence electrons. The van der Waals surface area contributed by atoms with E-state index in [1.54, 1.807) is 11.8 Å². The molecule has 1 N–H and O–H groups in total. The van der Waals surface area contributed by atoms with Crippen LogP contribution in [0, 0.1) is 0 Å². The minimum Gasteiger partial charge on any atom is -0.372 e. The van der Waals surface area contributed by atoms with Gasteiger partial charge in [0.05, 0.1) is 17.6 Å². The van der Waals surface area contributed by atoms with Crippen LogP contribution in [0.25, 0.3) is 11.0 Å². The maximum Gasteiger partial charge on any atom is 0.251 e. The zero-order valence-corrected chi connectivity index (χ0v) is 15.5. The summed E-state index contributed by atoms with van der Waals surface area (Å²) in [7, 11) is 0. The molecule has 1 aromatic heterocycles. The number of rotatable bonds is 5. The Morgan fingerprint density at radius 2 is 2.12 bits per heavy atom. The molecule has 0 saturated carbocycles. The van der Waals surface area contributed by atoms with Gasteiger partial charge in [-0.3, -0.25) is 4.79 Å². The predicted octanol–water partition coefficient (Wildman–Crippen LogP) is 3.26. The molecule has 2 aromatic carbocycles. The van der Waals surface area contributed by atoms with Gasteiger partial charge in [-0.2, -0.15) is 0 Å². The Morgan fingerprint density at radius 3 is 2.92 bits per heavy atom. The number of carbonyl (C=O) groups is 1. The lowest BCUT2D eigenvalue weighted by Crippen LogP contribution is -2.25. The number of nitrogens with one attached hydrogen (secondary N) is 1. The highest BCUT2D eigenvalue weighted by Gasteiger charge is 2.16. The second-order valence-electron chi connectivity index (χ2n) is 6.29. The highest BCUT2D eigenvalue weighted by atomic mass is 32.2.